The van der Waals surface area contributed by atoms with Crippen molar-refractivity contribution in [2.24, 2.45) is 0 Å². The van der Waals surface area contributed by atoms with Gasteiger partial charge in [0.05, 0.1) is 26.4 Å². The Morgan fingerprint density at radius 2 is 0.442 bits per heavy atom. The zero-order valence-electron chi connectivity index (χ0n) is 70.0. The third-order valence-corrected chi connectivity index (χ3v) is 19.1. The van der Waals surface area contributed by atoms with Gasteiger partial charge in [0.1, 0.15) is 25.4 Å². The molecule has 0 bridgehead atoms. The summed E-state index contributed by atoms with van der Waals surface area (Å²) in [5.41, 5.74) is 0. The molecule has 0 radical (unpaired) electrons. The van der Waals surface area contributed by atoms with Crippen molar-refractivity contribution in [3.05, 3.63) is 219 Å². The van der Waals surface area contributed by atoms with Gasteiger partial charge in [-0.25, -0.2) is 9.13 Å². The van der Waals surface area contributed by atoms with Crippen LogP contribution in [0, 0.1) is 0 Å². The van der Waals surface area contributed by atoms with Gasteiger partial charge in [-0.05, 0) is 173 Å². The maximum Gasteiger partial charge on any atom is 0.472 e. The molecule has 0 fully saturated rings. The molecule has 0 rings (SSSR count). The summed E-state index contributed by atoms with van der Waals surface area (Å²) in [6, 6.07) is 0. The highest BCUT2D eigenvalue weighted by atomic mass is 31.2. The fraction of sp³-hybridized carbons (Fsp3) is 0.589. The SMILES string of the molecule is CC/C=C\C/C=C\C/C=C\C/C=C\C/C=C\C/C=C\CCCCCCCCCCC(=O)OCC(O)COP(=O)(O)OCC(O)COP(=O)(O)OCC(COC(=O)CCCCCCCCCC/C=C\C/C=C\C/C=C\C/C=C\C/C=C\C/C=C\CC)OC(=O)CCCCCC/C=C\C/C=C\C/C=C\C/C=C\C/C=C\C/C=C\CC. The molecule has 0 aromatic rings. The molecule has 16 nitrogen and oxygen atoms in total. The molecular formula is C95H152O16P2. The number of carbonyl (C=O) groups excluding carboxylic acids is 3. The van der Waals surface area contributed by atoms with E-state index < -0.39 is 91.5 Å². The molecule has 5 unspecified atom stereocenters. The summed E-state index contributed by atoms with van der Waals surface area (Å²) in [6.45, 7) is 2.28. The first-order valence-electron chi connectivity index (χ1n) is 43.0. The maximum atomic E-state index is 13.1. The number of allylic oxidation sites excluding steroid dienone is 36. The lowest BCUT2D eigenvalue weighted by atomic mass is 10.1. The average Bonchev–Trinajstić information content (AvgIpc) is 0.915. The summed E-state index contributed by atoms with van der Waals surface area (Å²) in [5, 5.41) is 20.7. The number of hydrogen-bond donors (Lipinski definition) is 4. The van der Waals surface area contributed by atoms with Crippen LogP contribution in [0.5, 0.6) is 0 Å². The van der Waals surface area contributed by atoms with Gasteiger partial charge in [-0.15, -0.1) is 0 Å². The van der Waals surface area contributed by atoms with Crippen LogP contribution in [-0.4, -0.2) is 95.9 Å². The van der Waals surface area contributed by atoms with E-state index in [2.05, 4.69) is 240 Å². The Labute approximate surface area is 685 Å². The monoisotopic (exact) mass is 1610 g/mol. The predicted octanol–water partition coefficient (Wildman–Crippen LogP) is 26.2. The van der Waals surface area contributed by atoms with Gasteiger partial charge in [0.25, 0.3) is 0 Å². The molecule has 0 aliphatic carbocycles. The Morgan fingerprint density at radius 3 is 0.699 bits per heavy atom. The molecule has 0 saturated heterocycles. The minimum atomic E-state index is -4.96. The second-order valence-corrected chi connectivity index (χ2v) is 30.7. The number of ether oxygens (including phenoxy) is 3. The number of aliphatic hydroxyl groups is 2. The van der Waals surface area contributed by atoms with E-state index in [1.165, 1.54) is 25.7 Å². The molecule has 5 atom stereocenters. The zero-order chi connectivity index (χ0) is 82.2. The zero-order valence-corrected chi connectivity index (χ0v) is 71.7. The summed E-state index contributed by atoms with van der Waals surface area (Å²) in [4.78, 5) is 58.9. The summed E-state index contributed by atoms with van der Waals surface area (Å²) >= 11 is 0. The molecule has 0 aromatic carbocycles. The van der Waals surface area contributed by atoms with Crippen molar-refractivity contribution in [2.45, 2.75) is 322 Å². The van der Waals surface area contributed by atoms with Crippen molar-refractivity contribution in [2.75, 3.05) is 39.6 Å². The van der Waals surface area contributed by atoms with Gasteiger partial charge in [-0.2, -0.15) is 0 Å². The largest absolute Gasteiger partial charge is 0.472 e. The second-order valence-electron chi connectivity index (χ2n) is 27.8. The number of phosphoric acid groups is 2. The first-order valence-corrected chi connectivity index (χ1v) is 46.0. The van der Waals surface area contributed by atoms with E-state index in [0.717, 1.165) is 218 Å². The van der Waals surface area contributed by atoms with E-state index in [4.69, 9.17) is 32.3 Å². The third-order valence-electron chi connectivity index (χ3n) is 17.2. The van der Waals surface area contributed by atoms with Gasteiger partial charge in [0.2, 0.25) is 0 Å². The quantitative estimate of drug-likeness (QED) is 0.0146. The number of phosphoric ester groups is 2. The normalized spacial score (nSPS) is 14.9. The van der Waals surface area contributed by atoms with Crippen LogP contribution in [0.25, 0.3) is 0 Å². The van der Waals surface area contributed by atoms with Gasteiger partial charge in [-0.1, -0.05) is 329 Å². The van der Waals surface area contributed by atoms with Gasteiger partial charge in [0, 0.05) is 19.3 Å². The Morgan fingerprint density at radius 1 is 0.248 bits per heavy atom. The topological polar surface area (TPSA) is 231 Å². The number of hydrogen-bond acceptors (Lipinski definition) is 14. The van der Waals surface area contributed by atoms with Gasteiger partial charge in [0.15, 0.2) is 6.10 Å². The lowest BCUT2D eigenvalue weighted by Crippen LogP contribution is -2.30. The highest BCUT2D eigenvalue weighted by molar-refractivity contribution is 7.47. The van der Waals surface area contributed by atoms with Crippen LogP contribution in [-0.2, 0) is 55.8 Å². The lowest BCUT2D eigenvalue weighted by Gasteiger charge is -2.21. The fourth-order valence-electron chi connectivity index (χ4n) is 10.8. The standard InChI is InChI=1S/C95H152O16P2/c1-4-7-10-13-16-19-22-25-28-31-34-37-40-42-44-46-49-51-54-57-60-63-66-69-72-75-78-81-93(98)105-84-90(96)85-107-112(101,102)108-86-91(97)87-109-113(103,104)110-89-92(111-95(100)83-80-77-74-71-68-65-62-59-56-53-48-39-36-33-30-27-24-21-18-15-12-9-6-3)88-106-94(99)82-79-76-73-70-67-64-61-58-55-52-50-47-45-43-41-38-35-32-29-26-23-20-17-14-11-8-5-2/h7-12,16-21,25-30,34-39,42-45,49-53,56,62,65,90-92,96-97H,4-6,13-15,22-24,31-33,40-41,46-48,54-55,57-61,63-64,66-89H2,1-3H3,(H,101,102)(H,103,104)/b10-7-,11-8-,12-9-,19-16-,20-17-,21-18-,28-25-,29-26-,30-27-,37-34-,38-35-,39-36-,44-42-,45-43-,51-49-,52-50-,56-53-,65-62-. The number of esters is 3. The van der Waals surface area contributed by atoms with Crippen LogP contribution in [0.2, 0.25) is 0 Å². The minimum Gasteiger partial charge on any atom is -0.463 e. The van der Waals surface area contributed by atoms with E-state index in [9.17, 15) is 43.5 Å². The van der Waals surface area contributed by atoms with Crippen LogP contribution in [0.3, 0.4) is 0 Å². The average molecular weight is 1610 g/mol. The summed E-state index contributed by atoms with van der Waals surface area (Å²) in [5.74, 6) is -1.63. The van der Waals surface area contributed by atoms with Gasteiger partial charge < -0.3 is 34.2 Å². The van der Waals surface area contributed by atoms with Crippen LogP contribution in [0.1, 0.15) is 303 Å². The molecule has 0 spiro atoms. The Balaban J connectivity index is 4.76. The lowest BCUT2D eigenvalue weighted by molar-refractivity contribution is -0.161. The number of aliphatic hydroxyl groups excluding tert-OH is 2. The number of carbonyl (C=O) groups is 3. The van der Waals surface area contributed by atoms with E-state index in [1.807, 2.05) is 0 Å². The molecule has 0 saturated carbocycles. The van der Waals surface area contributed by atoms with Crippen molar-refractivity contribution >= 4 is 33.6 Å². The van der Waals surface area contributed by atoms with Gasteiger partial charge >= 0.3 is 33.6 Å². The smallest absolute Gasteiger partial charge is 0.463 e. The third kappa shape index (κ3) is 86.6. The van der Waals surface area contributed by atoms with E-state index in [-0.39, 0.29) is 19.3 Å². The van der Waals surface area contributed by atoms with Crippen LogP contribution in [0.4, 0.5) is 0 Å². The summed E-state index contributed by atoms with van der Waals surface area (Å²) in [6.07, 6.45) is 115. The first-order chi connectivity index (χ1) is 55.2. The molecule has 0 amide bonds. The summed E-state index contributed by atoms with van der Waals surface area (Å²) < 4.78 is 61.3. The Kier molecular flexibility index (Phi) is 80.6. The maximum absolute atomic E-state index is 13.1. The molecule has 0 aliphatic heterocycles. The minimum absolute atomic E-state index is 0.0630. The number of rotatable bonds is 79. The number of unbranched alkanes of at least 4 members (excludes halogenated alkanes) is 20. The van der Waals surface area contributed by atoms with Crippen molar-refractivity contribution in [3.63, 3.8) is 0 Å². The highest BCUT2D eigenvalue weighted by Gasteiger charge is 2.29. The first kappa shape index (κ1) is 107. The van der Waals surface area contributed by atoms with Gasteiger partial charge in [-0.3, -0.25) is 32.5 Å². The van der Waals surface area contributed by atoms with Crippen molar-refractivity contribution in [1.29, 1.82) is 0 Å². The Bertz CT molecular complexity index is 2930. The summed E-state index contributed by atoms with van der Waals surface area (Å²) in [7, 11) is -9.84. The van der Waals surface area contributed by atoms with E-state index in [1.54, 1.807) is 0 Å². The molecule has 638 valence electrons. The molecule has 0 aliphatic rings. The van der Waals surface area contributed by atoms with Crippen LogP contribution < -0.4 is 0 Å². The van der Waals surface area contributed by atoms with Crippen LogP contribution in [0.15, 0.2) is 219 Å². The predicted molar refractivity (Wildman–Crippen MR) is 472 cm³/mol. The van der Waals surface area contributed by atoms with E-state index >= 15 is 0 Å². The van der Waals surface area contributed by atoms with Crippen molar-refractivity contribution in [1.82, 2.24) is 0 Å². The van der Waals surface area contributed by atoms with Crippen molar-refractivity contribution < 1.29 is 75.8 Å². The second kappa shape index (κ2) is 85.2. The van der Waals surface area contributed by atoms with Crippen molar-refractivity contribution in [3.8, 4) is 0 Å². The highest BCUT2D eigenvalue weighted by Crippen LogP contribution is 2.45. The van der Waals surface area contributed by atoms with Crippen LogP contribution >= 0.6 is 15.6 Å². The molecule has 18 heteroatoms. The molecule has 0 aromatic heterocycles. The van der Waals surface area contributed by atoms with E-state index in [0.29, 0.717) is 19.3 Å². The Hall–Kier alpha value is -6.13. The molecule has 113 heavy (non-hydrogen) atoms. The molecular weight excluding hydrogens is 1460 g/mol. The fourth-order valence-corrected chi connectivity index (χ4v) is 12.3. The molecule has 4 N–H and O–H groups in total. The molecule has 0 heterocycles.